The molecule has 4 nitrogen and oxygen atoms in total. The predicted octanol–water partition coefficient (Wildman–Crippen LogP) is 2.11. The molecule has 1 aliphatic heterocycles. The molecular formula is C16H22FNO3. The van der Waals surface area contributed by atoms with E-state index in [1.807, 2.05) is 0 Å². The van der Waals surface area contributed by atoms with Crippen molar-refractivity contribution in [3.63, 3.8) is 0 Å². The van der Waals surface area contributed by atoms with Crippen molar-refractivity contribution in [2.75, 3.05) is 26.8 Å². The minimum atomic E-state index is -0.548. The number of carbonyl (C=O) groups is 1. The van der Waals surface area contributed by atoms with Gasteiger partial charge in [-0.3, -0.25) is 9.69 Å². The summed E-state index contributed by atoms with van der Waals surface area (Å²) in [5, 5.41) is 9.41. The van der Waals surface area contributed by atoms with Crippen LogP contribution in [0.4, 0.5) is 4.39 Å². The summed E-state index contributed by atoms with van der Waals surface area (Å²) in [5.74, 6) is -0.115. The molecule has 0 spiro atoms. The molecule has 2 atom stereocenters. The number of aliphatic hydroxyl groups is 1. The number of hydrogen-bond donors (Lipinski definition) is 1. The Morgan fingerprint density at radius 2 is 2.29 bits per heavy atom. The molecule has 0 radical (unpaired) electrons. The van der Waals surface area contributed by atoms with E-state index in [0.717, 1.165) is 13.0 Å². The summed E-state index contributed by atoms with van der Waals surface area (Å²) < 4.78 is 18.9. The van der Waals surface area contributed by atoms with Crippen LogP contribution in [0.5, 0.6) is 5.75 Å². The van der Waals surface area contributed by atoms with E-state index >= 15 is 0 Å². The van der Waals surface area contributed by atoms with Gasteiger partial charge in [-0.05, 0) is 31.0 Å². The van der Waals surface area contributed by atoms with E-state index in [2.05, 4.69) is 11.8 Å². The third kappa shape index (κ3) is 3.41. The molecule has 21 heavy (non-hydrogen) atoms. The highest BCUT2D eigenvalue weighted by molar-refractivity contribution is 5.99. The lowest BCUT2D eigenvalue weighted by atomic mass is 10.0. The molecule has 1 N–H and O–H groups in total. The van der Waals surface area contributed by atoms with Crippen molar-refractivity contribution in [1.29, 1.82) is 0 Å². The first-order chi connectivity index (χ1) is 10.1. The van der Waals surface area contributed by atoms with Gasteiger partial charge in [0.05, 0.1) is 19.3 Å². The number of nitrogens with zero attached hydrogens (tertiary/aromatic N) is 1. The lowest BCUT2D eigenvalue weighted by Crippen LogP contribution is -2.36. The number of aliphatic hydroxyl groups excluding tert-OH is 1. The molecule has 0 aromatic heterocycles. The molecule has 1 aromatic carbocycles. The standard InChI is InChI=1S/C16H22FNO3/c1-11-6-8-18(13(11)10-19)9-7-14(20)16-12(17)4-3-5-15(16)21-2/h3-5,11,13,19H,6-10H2,1-2H3. The van der Waals surface area contributed by atoms with Gasteiger partial charge in [-0.1, -0.05) is 13.0 Å². The summed E-state index contributed by atoms with van der Waals surface area (Å²) in [4.78, 5) is 14.4. The number of Topliss-reactive ketones (excluding diaryl/α,β-unsaturated/α-hetero) is 1. The monoisotopic (exact) mass is 295 g/mol. The van der Waals surface area contributed by atoms with Gasteiger partial charge in [0.25, 0.3) is 0 Å². The summed E-state index contributed by atoms with van der Waals surface area (Å²) in [6.45, 7) is 3.60. The van der Waals surface area contributed by atoms with Crippen LogP contribution in [0.2, 0.25) is 0 Å². The average molecular weight is 295 g/mol. The summed E-state index contributed by atoms with van der Waals surface area (Å²) >= 11 is 0. The molecule has 1 heterocycles. The number of methoxy groups -OCH3 is 1. The van der Waals surface area contributed by atoms with Crippen molar-refractivity contribution in [3.8, 4) is 5.75 Å². The molecule has 116 valence electrons. The minimum Gasteiger partial charge on any atom is -0.496 e. The fourth-order valence-electron chi connectivity index (χ4n) is 2.98. The van der Waals surface area contributed by atoms with Gasteiger partial charge in [0.15, 0.2) is 5.78 Å². The summed E-state index contributed by atoms with van der Waals surface area (Å²) in [5.41, 5.74) is 0.0211. The highest BCUT2D eigenvalue weighted by atomic mass is 19.1. The summed E-state index contributed by atoms with van der Waals surface area (Å²) in [6, 6.07) is 4.48. The molecule has 0 amide bonds. The average Bonchev–Trinajstić information content (AvgIpc) is 2.84. The van der Waals surface area contributed by atoms with Gasteiger partial charge in [0.2, 0.25) is 0 Å². The second-order valence-electron chi connectivity index (χ2n) is 5.54. The van der Waals surface area contributed by atoms with Crippen molar-refractivity contribution in [3.05, 3.63) is 29.6 Å². The second kappa shape index (κ2) is 7.00. The zero-order chi connectivity index (χ0) is 15.4. The number of benzene rings is 1. The molecule has 5 heteroatoms. The largest absolute Gasteiger partial charge is 0.496 e. The Hall–Kier alpha value is -1.46. The third-order valence-electron chi connectivity index (χ3n) is 4.28. The molecule has 2 unspecified atom stereocenters. The molecule has 1 saturated heterocycles. The van der Waals surface area contributed by atoms with E-state index in [4.69, 9.17) is 4.74 Å². The quantitative estimate of drug-likeness (QED) is 0.817. The zero-order valence-corrected chi connectivity index (χ0v) is 12.5. The van der Waals surface area contributed by atoms with E-state index in [1.54, 1.807) is 6.07 Å². The lowest BCUT2D eigenvalue weighted by molar-refractivity contribution is 0.0927. The number of halogens is 1. The van der Waals surface area contributed by atoms with Gasteiger partial charge in [0, 0.05) is 19.0 Å². The molecule has 2 rings (SSSR count). The van der Waals surface area contributed by atoms with Crippen molar-refractivity contribution < 1.29 is 19.0 Å². The minimum absolute atomic E-state index is 0.0211. The number of ether oxygens (including phenoxy) is 1. The van der Waals surface area contributed by atoms with Crippen molar-refractivity contribution in [2.45, 2.75) is 25.8 Å². The molecule has 0 bridgehead atoms. The first-order valence-electron chi connectivity index (χ1n) is 7.29. The van der Waals surface area contributed by atoms with Crippen molar-refractivity contribution in [2.24, 2.45) is 5.92 Å². The molecule has 1 fully saturated rings. The van der Waals surface area contributed by atoms with Gasteiger partial charge < -0.3 is 9.84 Å². The van der Waals surface area contributed by atoms with Crippen LogP contribution in [0.25, 0.3) is 0 Å². The first kappa shape index (κ1) is 15.9. The topological polar surface area (TPSA) is 49.8 Å². The molecule has 0 saturated carbocycles. The first-order valence-corrected chi connectivity index (χ1v) is 7.29. The van der Waals surface area contributed by atoms with Gasteiger partial charge >= 0.3 is 0 Å². The number of rotatable bonds is 6. The maximum atomic E-state index is 13.8. The smallest absolute Gasteiger partial charge is 0.170 e. The Kier molecular flexibility index (Phi) is 5.31. The lowest BCUT2D eigenvalue weighted by Gasteiger charge is -2.24. The Morgan fingerprint density at radius 3 is 2.95 bits per heavy atom. The Balaban J connectivity index is 2.03. The van der Waals surface area contributed by atoms with Crippen LogP contribution in [-0.2, 0) is 0 Å². The van der Waals surface area contributed by atoms with E-state index < -0.39 is 5.82 Å². The molecule has 1 aliphatic rings. The Bertz CT molecular complexity index is 506. The van der Waals surface area contributed by atoms with E-state index in [9.17, 15) is 14.3 Å². The van der Waals surface area contributed by atoms with E-state index in [-0.39, 0.29) is 36.2 Å². The number of hydrogen-bond acceptors (Lipinski definition) is 4. The zero-order valence-electron chi connectivity index (χ0n) is 12.5. The third-order valence-corrected chi connectivity index (χ3v) is 4.28. The van der Waals surface area contributed by atoms with Gasteiger partial charge in [-0.15, -0.1) is 0 Å². The van der Waals surface area contributed by atoms with Crippen LogP contribution in [0.3, 0.4) is 0 Å². The second-order valence-corrected chi connectivity index (χ2v) is 5.54. The van der Waals surface area contributed by atoms with Crippen LogP contribution in [0.1, 0.15) is 30.1 Å². The Labute approximate surface area is 124 Å². The van der Waals surface area contributed by atoms with Crippen LogP contribution in [0.15, 0.2) is 18.2 Å². The van der Waals surface area contributed by atoms with E-state index in [1.165, 1.54) is 19.2 Å². The number of likely N-dealkylation sites (tertiary alicyclic amines) is 1. The number of carbonyl (C=O) groups excluding carboxylic acids is 1. The molecule has 0 aliphatic carbocycles. The predicted molar refractivity (Wildman–Crippen MR) is 78.1 cm³/mol. The fraction of sp³-hybridized carbons (Fsp3) is 0.562. The van der Waals surface area contributed by atoms with E-state index in [0.29, 0.717) is 12.5 Å². The SMILES string of the molecule is COc1cccc(F)c1C(=O)CCN1CCC(C)C1CO. The van der Waals surface area contributed by atoms with Crippen LogP contribution in [0, 0.1) is 11.7 Å². The van der Waals surface area contributed by atoms with Crippen molar-refractivity contribution in [1.82, 2.24) is 4.90 Å². The van der Waals surface area contributed by atoms with Gasteiger partial charge in [0.1, 0.15) is 11.6 Å². The Morgan fingerprint density at radius 1 is 1.52 bits per heavy atom. The highest BCUT2D eigenvalue weighted by Gasteiger charge is 2.30. The van der Waals surface area contributed by atoms with Gasteiger partial charge in [-0.2, -0.15) is 0 Å². The van der Waals surface area contributed by atoms with Gasteiger partial charge in [-0.25, -0.2) is 4.39 Å². The maximum Gasteiger partial charge on any atom is 0.170 e. The summed E-state index contributed by atoms with van der Waals surface area (Å²) in [7, 11) is 1.43. The molecular weight excluding hydrogens is 273 g/mol. The van der Waals surface area contributed by atoms with Crippen LogP contribution in [-0.4, -0.2) is 48.6 Å². The van der Waals surface area contributed by atoms with Crippen LogP contribution >= 0.6 is 0 Å². The number of ketones is 1. The molecule has 1 aromatic rings. The fourth-order valence-corrected chi connectivity index (χ4v) is 2.98. The normalized spacial score (nSPS) is 22.5. The van der Waals surface area contributed by atoms with Crippen LogP contribution < -0.4 is 4.74 Å². The maximum absolute atomic E-state index is 13.8. The highest BCUT2D eigenvalue weighted by Crippen LogP contribution is 2.26. The van der Waals surface area contributed by atoms with Crippen molar-refractivity contribution >= 4 is 5.78 Å². The summed E-state index contributed by atoms with van der Waals surface area (Å²) in [6.07, 6.45) is 1.24.